The number of piperazine rings is 1. The Bertz CT molecular complexity index is 624. The van der Waals surface area contributed by atoms with Crippen LogP contribution < -0.4 is 4.90 Å². The molecule has 1 aliphatic heterocycles. The highest BCUT2D eigenvalue weighted by Gasteiger charge is 2.22. The first-order valence-corrected chi connectivity index (χ1v) is 7.23. The minimum Gasteiger partial charge on any atom is -0.366 e. The maximum Gasteiger partial charge on any atom is 0.223 e. The van der Waals surface area contributed by atoms with Crippen molar-refractivity contribution < 1.29 is 9.18 Å². The van der Waals surface area contributed by atoms with Crippen LogP contribution in [0.25, 0.3) is 0 Å². The highest BCUT2D eigenvalue weighted by Crippen LogP contribution is 2.20. The molecule has 0 aliphatic carbocycles. The largest absolute Gasteiger partial charge is 0.366 e. The van der Waals surface area contributed by atoms with Crippen LogP contribution in [-0.4, -0.2) is 57.6 Å². The first-order valence-electron chi connectivity index (χ1n) is 7.23. The van der Waals surface area contributed by atoms with Crippen LogP contribution in [0.2, 0.25) is 0 Å². The van der Waals surface area contributed by atoms with E-state index in [0.717, 1.165) is 0 Å². The number of para-hydroxylation sites is 1. The molecule has 22 heavy (non-hydrogen) atoms. The Hall–Kier alpha value is -2.51. The number of H-pyrrole nitrogens is 1. The number of nitrogens with zero attached hydrogens (tertiary/aromatic N) is 5. The fourth-order valence-corrected chi connectivity index (χ4v) is 2.57. The van der Waals surface area contributed by atoms with Crippen molar-refractivity contribution in [3.63, 3.8) is 0 Å². The zero-order valence-corrected chi connectivity index (χ0v) is 12.1. The normalized spacial score (nSPS) is 15.1. The third kappa shape index (κ3) is 3.21. The van der Waals surface area contributed by atoms with Gasteiger partial charge >= 0.3 is 0 Å². The minimum atomic E-state index is -0.223. The SMILES string of the molecule is O=C(CCc1nn[nH]n1)N1CCN(c2ccccc2F)CC1. The van der Waals surface area contributed by atoms with Gasteiger partial charge in [0.15, 0.2) is 5.82 Å². The number of halogens is 1. The van der Waals surface area contributed by atoms with Crippen molar-refractivity contribution in [2.45, 2.75) is 12.8 Å². The van der Waals surface area contributed by atoms with Gasteiger partial charge in [0.1, 0.15) is 5.82 Å². The van der Waals surface area contributed by atoms with Gasteiger partial charge in [-0.3, -0.25) is 4.79 Å². The number of carbonyl (C=O) groups excluding carboxylic acids is 1. The van der Waals surface area contributed by atoms with E-state index in [-0.39, 0.29) is 11.7 Å². The standard InChI is InChI=1S/C14H17FN6O/c15-11-3-1-2-4-12(11)20-7-9-21(10-8-20)14(22)6-5-13-16-18-19-17-13/h1-4H,5-10H2,(H,16,17,18,19). The van der Waals surface area contributed by atoms with Crippen LogP contribution in [0, 0.1) is 5.82 Å². The molecule has 0 atom stereocenters. The molecule has 2 aromatic rings. The molecule has 1 saturated heterocycles. The van der Waals surface area contributed by atoms with Crippen LogP contribution in [-0.2, 0) is 11.2 Å². The van der Waals surface area contributed by atoms with Gasteiger partial charge in [0.2, 0.25) is 5.91 Å². The molecule has 1 fully saturated rings. The maximum atomic E-state index is 13.8. The summed E-state index contributed by atoms with van der Waals surface area (Å²) in [6.07, 6.45) is 0.835. The van der Waals surface area contributed by atoms with Crippen LogP contribution in [0.15, 0.2) is 24.3 Å². The predicted molar refractivity (Wildman–Crippen MR) is 77.7 cm³/mol. The molecule has 3 rings (SSSR count). The maximum absolute atomic E-state index is 13.8. The van der Waals surface area contributed by atoms with Crippen LogP contribution in [0.3, 0.4) is 0 Å². The Morgan fingerprint density at radius 3 is 2.68 bits per heavy atom. The topological polar surface area (TPSA) is 78.0 Å². The van der Waals surface area contributed by atoms with Crippen LogP contribution in [0.1, 0.15) is 12.2 Å². The number of nitrogens with one attached hydrogen (secondary N) is 1. The number of anilines is 1. The Morgan fingerprint density at radius 1 is 1.23 bits per heavy atom. The third-order valence-corrected chi connectivity index (χ3v) is 3.78. The fraction of sp³-hybridized carbons (Fsp3) is 0.429. The zero-order chi connectivity index (χ0) is 15.4. The first kappa shape index (κ1) is 14.4. The second-order valence-electron chi connectivity index (χ2n) is 5.15. The van der Waals surface area contributed by atoms with Crippen LogP contribution in [0.4, 0.5) is 10.1 Å². The number of hydrogen-bond donors (Lipinski definition) is 1. The van der Waals surface area contributed by atoms with Crippen molar-refractivity contribution in [2.24, 2.45) is 0 Å². The summed E-state index contributed by atoms with van der Waals surface area (Å²) in [4.78, 5) is 15.9. The fourth-order valence-electron chi connectivity index (χ4n) is 2.57. The Balaban J connectivity index is 1.51. The zero-order valence-electron chi connectivity index (χ0n) is 12.1. The van der Waals surface area contributed by atoms with Gasteiger partial charge in [-0.1, -0.05) is 17.3 Å². The number of amides is 1. The van der Waals surface area contributed by atoms with Crippen molar-refractivity contribution in [3.05, 3.63) is 35.9 Å². The van der Waals surface area contributed by atoms with Gasteiger partial charge in [-0.25, -0.2) is 4.39 Å². The molecule has 1 aromatic carbocycles. The summed E-state index contributed by atoms with van der Waals surface area (Å²) < 4.78 is 13.8. The van der Waals surface area contributed by atoms with Crippen LogP contribution >= 0.6 is 0 Å². The molecular weight excluding hydrogens is 287 g/mol. The minimum absolute atomic E-state index is 0.0676. The molecule has 0 radical (unpaired) electrons. The van der Waals surface area contributed by atoms with Crippen molar-refractivity contribution in [1.82, 2.24) is 25.5 Å². The van der Waals surface area contributed by atoms with E-state index in [1.807, 2.05) is 11.0 Å². The number of rotatable bonds is 4. The monoisotopic (exact) mass is 304 g/mol. The summed E-state index contributed by atoms with van der Waals surface area (Å²) in [6, 6.07) is 6.72. The second kappa shape index (κ2) is 6.50. The molecule has 0 unspecified atom stereocenters. The lowest BCUT2D eigenvalue weighted by atomic mass is 10.2. The van der Waals surface area contributed by atoms with E-state index in [0.29, 0.717) is 50.5 Å². The molecule has 1 aromatic heterocycles. The van der Waals surface area contributed by atoms with E-state index in [9.17, 15) is 9.18 Å². The number of aromatic nitrogens is 4. The van der Waals surface area contributed by atoms with Gasteiger partial charge in [0, 0.05) is 39.0 Å². The third-order valence-electron chi connectivity index (χ3n) is 3.78. The summed E-state index contributed by atoms with van der Waals surface area (Å²) in [5.41, 5.74) is 0.599. The van der Waals surface area contributed by atoms with E-state index in [4.69, 9.17) is 0 Å². The Labute approximate surface area is 127 Å². The number of aromatic amines is 1. The smallest absolute Gasteiger partial charge is 0.223 e. The second-order valence-corrected chi connectivity index (χ2v) is 5.15. The average molecular weight is 304 g/mol. The van der Waals surface area contributed by atoms with Crippen LogP contribution in [0.5, 0.6) is 0 Å². The summed E-state index contributed by atoms with van der Waals surface area (Å²) in [5.74, 6) is 0.385. The predicted octanol–water partition coefficient (Wildman–Crippen LogP) is 0.620. The van der Waals surface area contributed by atoms with Gasteiger partial charge in [0.05, 0.1) is 5.69 Å². The number of hydrogen-bond acceptors (Lipinski definition) is 5. The summed E-state index contributed by atoms with van der Waals surface area (Å²) in [6.45, 7) is 2.46. The van der Waals surface area contributed by atoms with Crippen molar-refractivity contribution in [1.29, 1.82) is 0 Å². The van der Waals surface area contributed by atoms with Crippen molar-refractivity contribution in [2.75, 3.05) is 31.1 Å². The van der Waals surface area contributed by atoms with Gasteiger partial charge < -0.3 is 9.80 Å². The van der Waals surface area contributed by atoms with E-state index in [1.54, 1.807) is 17.0 Å². The molecule has 116 valence electrons. The number of benzene rings is 1. The lowest BCUT2D eigenvalue weighted by Crippen LogP contribution is -2.49. The highest BCUT2D eigenvalue weighted by molar-refractivity contribution is 5.76. The van der Waals surface area contributed by atoms with E-state index in [1.165, 1.54) is 6.07 Å². The summed E-state index contributed by atoms with van der Waals surface area (Å²) >= 11 is 0. The first-order chi connectivity index (χ1) is 10.7. The van der Waals surface area contributed by atoms with Crippen molar-refractivity contribution in [3.8, 4) is 0 Å². The Morgan fingerprint density at radius 2 is 2.00 bits per heavy atom. The average Bonchev–Trinajstić information content (AvgIpc) is 3.07. The molecule has 0 bridgehead atoms. The van der Waals surface area contributed by atoms with Gasteiger partial charge in [-0.2, -0.15) is 5.21 Å². The van der Waals surface area contributed by atoms with E-state index >= 15 is 0 Å². The molecule has 7 nitrogen and oxygen atoms in total. The van der Waals surface area contributed by atoms with Gasteiger partial charge in [-0.05, 0) is 12.1 Å². The number of tetrazole rings is 1. The number of carbonyl (C=O) groups is 1. The lowest BCUT2D eigenvalue weighted by molar-refractivity contribution is -0.131. The van der Waals surface area contributed by atoms with Gasteiger partial charge in [0.25, 0.3) is 0 Å². The van der Waals surface area contributed by atoms with E-state index in [2.05, 4.69) is 20.6 Å². The molecule has 1 amide bonds. The molecule has 0 saturated carbocycles. The lowest BCUT2D eigenvalue weighted by Gasteiger charge is -2.36. The molecule has 8 heteroatoms. The highest BCUT2D eigenvalue weighted by atomic mass is 19.1. The molecule has 1 N–H and O–H groups in total. The van der Waals surface area contributed by atoms with Crippen molar-refractivity contribution >= 4 is 11.6 Å². The molecule has 0 spiro atoms. The summed E-state index contributed by atoms with van der Waals surface area (Å²) in [7, 11) is 0. The molecule has 2 heterocycles. The Kier molecular flexibility index (Phi) is 4.27. The summed E-state index contributed by atoms with van der Waals surface area (Å²) in [5, 5.41) is 13.5. The van der Waals surface area contributed by atoms with Gasteiger partial charge in [-0.15, -0.1) is 10.2 Å². The quantitative estimate of drug-likeness (QED) is 0.896. The molecule has 1 aliphatic rings. The van der Waals surface area contributed by atoms with E-state index < -0.39 is 0 Å². The number of aryl methyl sites for hydroxylation is 1. The molecular formula is C14H17FN6O.